The third-order valence-corrected chi connectivity index (χ3v) is 10.1. The zero-order valence-corrected chi connectivity index (χ0v) is 36.2. The molecule has 11 rings (SSSR count). The van der Waals surface area contributed by atoms with Crippen molar-refractivity contribution in [2.24, 2.45) is 0 Å². The maximum Gasteiger partial charge on any atom is 6.00 e. The van der Waals surface area contributed by atoms with Crippen molar-refractivity contribution in [1.82, 2.24) is 29.9 Å². The molecule has 6 heterocycles. The zero-order valence-electron chi connectivity index (χ0n) is 32.1. The molecule has 0 saturated heterocycles. The fourth-order valence-corrected chi connectivity index (χ4v) is 7.03. The molecular weight excluding hydrogens is 946 g/mol. The van der Waals surface area contributed by atoms with Gasteiger partial charge < -0.3 is 24.8 Å². The first kappa shape index (κ1) is 42.4. The molecule has 5 aromatic carbocycles. The van der Waals surface area contributed by atoms with E-state index in [1.54, 1.807) is 0 Å². The summed E-state index contributed by atoms with van der Waals surface area (Å²) in [6.45, 7) is 4.29. The van der Waals surface area contributed by atoms with E-state index < -0.39 is 0 Å². The summed E-state index contributed by atoms with van der Waals surface area (Å²) in [6.07, 6.45) is 3.65. The molecule has 0 spiro atoms. The molecule has 9 heteroatoms. The van der Waals surface area contributed by atoms with Gasteiger partial charge >= 0.3 is 19.8 Å². The first-order valence-electron chi connectivity index (χ1n) is 18.6. The average Bonchev–Trinajstić information content (AvgIpc) is 3.28. The molecule has 0 aliphatic heterocycles. The number of pyridine rings is 6. The van der Waals surface area contributed by atoms with Gasteiger partial charge in [-0.1, -0.05) is 109 Å². The smallest absolute Gasteiger partial charge is 1.00 e. The minimum absolute atomic E-state index is 0. The Morgan fingerprint density at radius 3 is 0.864 bits per heavy atom. The van der Waals surface area contributed by atoms with Gasteiger partial charge in [0.1, 0.15) is 0 Å². The largest absolute Gasteiger partial charge is 6.00 e. The van der Waals surface area contributed by atoms with E-state index in [0.29, 0.717) is 0 Å². The van der Waals surface area contributed by atoms with Crippen molar-refractivity contribution in [1.29, 1.82) is 0 Å². The van der Waals surface area contributed by atoms with E-state index in [9.17, 15) is 0 Å². The van der Waals surface area contributed by atoms with Crippen molar-refractivity contribution < 1.29 is 44.6 Å². The number of nitrogens with zero attached hydrogens (tertiary/aromatic N) is 6. The van der Waals surface area contributed by atoms with Gasteiger partial charge in [-0.15, -0.1) is 0 Å². The second-order valence-electron chi connectivity index (χ2n) is 13.6. The molecule has 6 nitrogen and oxygen atoms in total. The third-order valence-electron chi connectivity index (χ3n) is 10.1. The zero-order chi connectivity index (χ0) is 37.8. The number of para-hydroxylation sites is 4. The van der Waals surface area contributed by atoms with E-state index in [-0.39, 0.29) is 44.6 Å². The van der Waals surface area contributed by atoms with Crippen LogP contribution in [-0.2, 0) is 19.8 Å². The molecule has 59 heavy (non-hydrogen) atoms. The van der Waals surface area contributed by atoms with Crippen molar-refractivity contribution in [3.8, 4) is 22.8 Å². The number of rotatable bonds is 2. The fraction of sp³-hybridized carbons (Fsp3) is 0.0400. The molecule has 0 fully saturated rings. The number of halogens is 2. The van der Waals surface area contributed by atoms with Gasteiger partial charge in [0.15, 0.2) is 0 Å². The molecule has 0 radical (unpaired) electrons. The number of benzene rings is 5. The Morgan fingerprint density at radius 1 is 0.305 bits per heavy atom. The van der Waals surface area contributed by atoms with E-state index in [2.05, 4.69) is 104 Å². The number of hydrogen-bond acceptors (Lipinski definition) is 6. The summed E-state index contributed by atoms with van der Waals surface area (Å²) in [5.74, 6) is 0. The predicted molar refractivity (Wildman–Crippen MR) is 231 cm³/mol. The summed E-state index contributed by atoms with van der Waals surface area (Å²) in [5.41, 5.74) is 12.2. The summed E-state index contributed by atoms with van der Waals surface area (Å²) in [5, 5.41) is 7.00. The van der Waals surface area contributed by atoms with Gasteiger partial charge in [0, 0.05) is 44.7 Å². The Morgan fingerprint density at radius 2 is 0.576 bits per heavy atom. The molecule has 0 atom stereocenters. The summed E-state index contributed by atoms with van der Waals surface area (Å²) in [6, 6.07) is 57.2. The van der Waals surface area contributed by atoms with Gasteiger partial charge in [0.05, 0.1) is 55.9 Å². The van der Waals surface area contributed by atoms with Crippen LogP contribution in [-0.4, -0.2) is 29.9 Å². The predicted octanol–water partition coefficient (Wildman–Crippen LogP) is 6.31. The summed E-state index contributed by atoms with van der Waals surface area (Å²) >= 11 is 0. The summed E-state index contributed by atoms with van der Waals surface area (Å²) in [4.78, 5) is 27.7. The van der Waals surface area contributed by atoms with Crippen molar-refractivity contribution >= 4 is 65.4 Å². The van der Waals surface area contributed by atoms with E-state index >= 15 is 0 Å². The molecule has 6 aromatic heterocycles. The summed E-state index contributed by atoms with van der Waals surface area (Å²) < 4.78 is 0. The molecular formula is C50H36Cl2N6Os+4. The number of aromatic nitrogens is 6. The summed E-state index contributed by atoms with van der Waals surface area (Å²) in [7, 11) is 0. The Balaban J connectivity index is 0.000000146. The van der Waals surface area contributed by atoms with Crippen LogP contribution < -0.4 is 24.8 Å². The normalized spacial score (nSPS) is 10.5. The van der Waals surface area contributed by atoms with E-state index in [4.69, 9.17) is 0 Å². The van der Waals surface area contributed by atoms with Crippen LogP contribution in [0, 0.1) is 13.8 Å². The van der Waals surface area contributed by atoms with Crippen molar-refractivity contribution in [3.63, 3.8) is 0 Å². The van der Waals surface area contributed by atoms with Gasteiger partial charge in [-0.3, -0.25) is 9.97 Å². The van der Waals surface area contributed by atoms with Gasteiger partial charge in [0.25, 0.3) is 0 Å². The molecule has 0 N–H and O–H groups in total. The van der Waals surface area contributed by atoms with Crippen LogP contribution in [0.4, 0.5) is 0 Å². The number of fused-ring (bicyclic) bond motifs is 7. The minimum atomic E-state index is 0. The Bertz CT molecular complexity index is 2840. The molecule has 0 amide bonds. The second kappa shape index (κ2) is 19.0. The van der Waals surface area contributed by atoms with Crippen LogP contribution in [0.5, 0.6) is 0 Å². The SMILES string of the molecule is Cc1c(C)c2cccnc2c2ncccc12.[Cl-].[Cl-].[Os+6].c1ccc2nc(-c3ccc4ccccc4n3)ccc2c1.c1ccc2nc(-c3ccc4ccccc4n3)ccc2c1. The van der Waals surface area contributed by atoms with Gasteiger partial charge in [-0.25, -0.2) is 19.9 Å². The fourth-order valence-electron chi connectivity index (χ4n) is 7.03. The van der Waals surface area contributed by atoms with Crippen LogP contribution in [0.2, 0.25) is 0 Å². The van der Waals surface area contributed by atoms with E-state index in [0.717, 1.165) is 77.4 Å². The maximum absolute atomic E-state index is 4.69. The Labute approximate surface area is 367 Å². The van der Waals surface area contributed by atoms with Crippen LogP contribution in [0.3, 0.4) is 0 Å². The molecule has 0 saturated carbocycles. The van der Waals surface area contributed by atoms with E-state index in [1.807, 2.05) is 122 Å². The molecule has 0 unspecified atom stereocenters. The monoisotopic (exact) mass is 982 g/mol. The van der Waals surface area contributed by atoms with Crippen LogP contribution in [0.1, 0.15) is 11.1 Å². The quantitative estimate of drug-likeness (QED) is 0.190. The van der Waals surface area contributed by atoms with Crippen molar-refractivity contribution in [2.45, 2.75) is 13.8 Å². The van der Waals surface area contributed by atoms with Gasteiger partial charge in [0.2, 0.25) is 0 Å². The van der Waals surface area contributed by atoms with Gasteiger partial charge in [-0.2, -0.15) is 0 Å². The molecule has 0 bridgehead atoms. The Kier molecular flexibility index (Phi) is 13.7. The first-order valence-corrected chi connectivity index (χ1v) is 18.6. The van der Waals surface area contributed by atoms with E-state index in [1.165, 1.54) is 21.9 Å². The first-order chi connectivity index (χ1) is 27.6. The number of aryl methyl sites for hydroxylation is 2. The number of hydrogen-bond donors (Lipinski definition) is 0. The Hall–Kier alpha value is -6.22. The van der Waals surface area contributed by atoms with Crippen molar-refractivity contribution in [2.75, 3.05) is 0 Å². The van der Waals surface area contributed by atoms with Gasteiger partial charge in [-0.05, 0) is 85.6 Å². The topological polar surface area (TPSA) is 77.3 Å². The maximum atomic E-state index is 4.69. The molecule has 11 aromatic rings. The minimum Gasteiger partial charge on any atom is -1.00 e. The van der Waals surface area contributed by atoms with Crippen LogP contribution >= 0.6 is 0 Å². The average molecular weight is 982 g/mol. The second-order valence-corrected chi connectivity index (χ2v) is 13.6. The molecule has 0 aliphatic rings. The third kappa shape index (κ3) is 8.94. The molecule has 0 aliphatic carbocycles. The standard InChI is InChI=1S/2C18H12N2.C14H12N2.2ClH.Os/c2*1-3-7-15-13(5-1)9-11-17(19-15)18-12-10-14-6-2-4-8-16(14)20-18;1-9-10(2)12-6-4-8-16-14(12)13-11(9)5-3-7-15-13;;;/h2*1-12H;3-8H,1-2H3;2*1H;/q;;;;;+6/p-2. The van der Waals surface area contributed by atoms with Crippen LogP contribution in [0.25, 0.3) is 88.2 Å². The van der Waals surface area contributed by atoms with Crippen molar-refractivity contribution in [3.05, 3.63) is 193 Å². The van der Waals surface area contributed by atoms with Crippen LogP contribution in [0.15, 0.2) is 182 Å². The molecule has 284 valence electrons.